The molecule has 1 heterocycles. The van der Waals surface area contributed by atoms with Gasteiger partial charge < -0.3 is 0 Å². The second-order valence-electron chi connectivity index (χ2n) is 2.18. The van der Waals surface area contributed by atoms with E-state index >= 15 is 0 Å². The maximum Gasteiger partial charge on any atom is 0.419 e. The largest absolute Gasteiger partial charge is 0.419 e. The summed E-state index contributed by atoms with van der Waals surface area (Å²) in [5.41, 5.74) is -0.705. The smallest absolute Gasteiger partial charge is 0.271 e. The molecule has 0 saturated heterocycles. The van der Waals surface area contributed by atoms with Crippen molar-refractivity contribution in [1.82, 2.24) is 9.78 Å². The summed E-state index contributed by atoms with van der Waals surface area (Å²) in [5.74, 6) is 0. The van der Waals surface area contributed by atoms with Crippen molar-refractivity contribution in [2.24, 2.45) is 0 Å². The zero-order valence-corrected chi connectivity index (χ0v) is 7.56. The van der Waals surface area contributed by atoms with Crippen molar-refractivity contribution < 1.29 is 13.2 Å². The van der Waals surface area contributed by atoms with Crippen LogP contribution in [0.5, 0.6) is 0 Å². The number of aromatic nitrogens is 2. The molecular weight excluding hydrogens is 237 g/mol. The molecular formula is C6H6BrF3N2. The molecule has 0 N–H and O–H groups in total. The number of aryl methyl sites for hydroxylation is 1. The minimum atomic E-state index is -4.29. The van der Waals surface area contributed by atoms with Crippen molar-refractivity contribution >= 4 is 15.9 Å². The molecule has 0 saturated carbocycles. The van der Waals surface area contributed by atoms with Crippen molar-refractivity contribution in [2.45, 2.75) is 12.7 Å². The number of halogens is 4. The van der Waals surface area contributed by atoms with Gasteiger partial charge in [0.05, 0.1) is 18.3 Å². The van der Waals surface area contributed by atoms with E-state index in [2.05, 4.69) is 21.0 Å². The third-order valence-corrected chi connectivity index (χ3v) is 1.63. The van der Waals surface area contributed by atoms with Gasteiger partial charge in [-0.05, 0) is 0 Å². The molecule has 12 heavy (non-hydrogen) atoms. The first-order valence-electron chi connectivity index (χ1n) is 3.19. The summed E-state index contributed by atoms with van der Waals surface area (Å²) in [6.45, 7) is 0.441. The molecule has 0 amide bonds. The Kier molecular flexibility index (Phi) is 2.76. The normalized spacial score (nSPS) is 12.0. The lowest BCUT2D eigenvalue weighted by Gasteiger charge is -2.00. The molecule has 0 atom stereocenters. The topological polar surface area (TPSA) is 17.8 Å². The average molecular weight is 243 g/mol. The van der Waals surface area contributed by atoms with E-state index in [4.69, 9.17) is 0 Å². The fraction of sp³-hybridized carbons (Fsp3) is 0.500. The van der Waals surface area contributed by atoms with Crippen molar-refractivity contribution in [2.75, 3.05) is 5.33 Å². The van der Waals surface area contributed by atoms with Crippen LogP contribution in [0.2, 0.25) is 0 Å². The number of nitrogens with zero attached hydrogens (tertiary/aromatic N) is 2. The highest BCUT2D eigenvalue weighted by Gasteiger charge is 2.31. The van der Waals surface area contributed by atoms with Gasteiger partial charge in [-0.15, -0.1) is 0 Å². The van der Waals surface area contributed by atoms with Gasteiger partial charge in [0.2, 0.25) is 0 Å². The first-order valence-corrected chi connectivity index (χ1v) is 4.32. The first kappa shape index (κ1) is 9.57. The summed E-state index contributed by atoms with van der Waals surface area (Å²) >= 11 is 3.10. The minimum Gasteiger partial charge on any atom is -0.271 e. The van der Waals surface area contributed by atoms with Gasteiger partial charge in [-0.1, -0.05) is 15.9 Å². The van der Waals surface area contributed by atoms with Crippen LogP contribution < -0.4 is 0 Å². The highest BCUT2D eigenvalue weighted by atomic mass is 79.9. The Hall–Kier alpha value is -0.520. The molecule has 1 rings (SSSR count). The van der Waals surface area contributed by atoms with Crippen LogP contribution in [0.1, 0.15) is 5.56 Å². The highest BCUT2D eigenvalue weighted by Crippen LogP contribution is 2.28. The molecule has 0 bridgehead atoms. The van der Waals surface area contributed by atoms with E-state index in [0.717, 1.165) is 12.4 Å². The molecule has 0 unspecified atom stereocenters. The Bertz CT molecular complexity index is 256. The molecule has 0 fully saturated rings. The quantitative estimate of drug-likeness (QED) is 0.728. The monoisotopic (exact) mass is 242 g/mol. The number of alkyl halides is 4. The molecule has 0 aromatic carbocycles. The van der Waals surface area contributed by atoms with Crippen molar-refractivity contribution in [3.8, 4) is 0 Å². The maximum atomic E-state index is 12.0. The Morgan fingerprint density at radius 2 is 2.17 bits per heavy atom. The predicted octanol–water partition coefficient (Wildman–Crippen LogP) is 2.30. The van der Waals surface area contributed by atoms with E-state index in [1.165, 1.54) is 4.68 Å². The standard InChI is InChI=1S/C6H6BrF3N2/c7-1-2-12-4-5(3-11-12)6(8,9)10/h3-4H,1-2H2. The molecule has 0 radical (unpaired) electrons. The van der Waals surface area contributed by atoms with Crippen LogP contribution in [-0.4, -0.2) is 15.1 Å². The van der Waals surface area contributed by atoms with Gasteiger partial charge >= 0.3 is 6.18 Å². The van der Waals surface area contributed by atoms with E-state index in [1.807, 2.05) is 0 Å². The lowest BCUT2D eigenvalue weighted by atomic mass is 10.4. The fourth-order valence-corrected chi connectivity index (χ4v) is 1.08. The summed E-state index contributed by atoms with van der Waals surface area (Å²) in [6.07, 6.45) is -2.48. The van der Waals surface area contributed by atoms with E-state index < -0.39 is 11.7 Å². The van der Waals surface area contributed by atoms with Gasteiger partial charge in [-0.25, -0.2) is 0 Å². The first-order chi connectivity index (χ1) is 5.54. The lowest BCUT2D eigenvalue weighted by molar-refractivity contribution is -0.137. The van der Waals surface area contributed by atoms with E-state index in [1.54, 1.807) is 0 Å². The van der Waals surface area contributed by atoms with Gasteiger partial charge in [0.1, 0.15) is 0 Å². The van der Waals surface area contributed by atoms with E-state index in [0.29, 0.717) is 11.9 Å². The molecule has 0 aliphatic rings. The zero-order chi connectivity index (χ0) is 9.19. The van der Waals surface area contributed by atoms with Crippen LogP contribution in [-0.2, 0) is 12.7 Å². The third-order valence-electron chi connectivity index (χ3n) is 1.27. The molecule has 0 spiro atoms. The SMILES string of the molecule is FC(F)(F)c1cnn(CCBr)c1. The number of hydrogen-bond donors (Lipinski definition) is 0. The lowest BCUT2D eigenvalue weighted by Crippen LogP contribution is -2.03. The van der Waals surface area contributed by atoms with Gasteiger partial charge in [0.25, 0.3) is 0 Å². The van der Waals surface area contributed by atoms with Crippen LogP contribution in [0.25, 0.3) is 0 Å². The van der Waals surface area contributed by atoms with Crippen LogP contribution in [0.3, 0.4) is 0 Å². The Balaban J connectivity index is 2.77. The molecule has 2 nitrogen and oxygen atoms in total. The third kappa shape index (κ3) is 2.23. The maximum absolute atomic E-state index is 12.0. The Morgan fingerprint density at radius 3 is 2.58 bits per heavy atom. The molecule has 0 aliphatic heterocycles. The Labute approximate surface area is 75.5 Å². The van der Waals surface area contributed by atoms with Gasteiger partial charge in [0.15, 0.2) is 0 Å². The Morgan fingerprint density at radius 1 is 1.50 bits per heavy atom. The van der Waals surface area contributed by atoms with Gasteiger partial charge in [-0.2, -0.15) is 18.3 Å². The summed E-state index contributed by atoms with van der Waals surface area (Å²) in [4.78, 5) is 0. The van der Waals surface area contributed by atoms with E-state index in [-0.39, 0.29) is 0 Å². The van der Waals surface area contributed by atoms with Gasteiger partial charge in [-0.3, -0.25) is 4.68 Å². The minimum absolute atomic E-state index is 0.441. The average Bonchev–Trinajstić information content (AvgIpc) is 2.35. The summed E-state index contributed by atoms with van der Waals surface area (Å²) in [5, 5.41) is 4.13. The predicted molar refractivity (Wildman–Crippen MR) is 41.0 cm³/mol. The number of rotatable bonds is 2. The summed E-state index contributed by atoms with van der Waals surface area (Å²) in [7, 11) is 0. The van der Waals surface area contributed by atoms with Crippen molar-refractivity contribution in [1.29, 1.82) is 0 Å². The molecule has 1 aromatic rings. The number of hydrogen-bond acceptors (Lipinski definition) is 1. The van der Waals surface area contributed by atoms with Crippen LogP contribution in [0.15, 0.2) is 12.4 Å². The van der Waals surface area contributed by atoms with Crippen molar-refractivity contribution in [3.05, 3.63) is 18.0 Å². The molecule has 68 valence electrons. The van der Waals surface area contributed by atoms with Gasteiger partial charge in [0, 0.05) is 11.5 Å². The van der Waals surface area contributed by atoms with Crippen molar-refractivity contribution in [3.63, 3.8) is 0 Å². The second-order valence-corrected chi connectivity index (χ2v) is 2.97. The second kappa shape index (κ2) is 3.47. The molecule has 1 aromatic heterocycles. The van der Waals surface area contributed by atoms with Crippen LogP contribution in [0, 0.1) is 0 Å². The van der Waals surface area contributed by atoms with Crippen LogP contribution in [0.4, 0.5) is 13.2 Å². The summed E-state index contributed by atoms with van der Waals surface area (Å²) < 4.78 is 37.2. The highest BCUT2D eigenvalue weighted by molar-refractivity contribution is 9.09. The zero-order valence-electron chi connectivity index (χ0n) is 5.98. The fourth-order valence-electron chi connectivity index (χ4n) is 0.719. The molecule has 0 aliphatic carbocycles. The van der Waals surface area contributed by atoms with E-state index in [9.17, 15) is 13.2 Å². The summed E-state index contributed by atoms with van der Waals surface area (Å²) in [6, 6.07) is 0. The molecule has 6 heteroatoms. The van der Waals surface area contributed by atoms with Crippen LogP contribution >= 0.6 is 15.9 Å².